The number of hydrogen-bond donors (Lipinski definition) is 2. The molecule has 0 heterocycles. The van der Waals surface area contributed by atoms with E-state index in [9.17, 15) is 0 Å². The first-order valence-electron chi connectivity index (χ1n) is 8.35. The molecule has 0 radical (unpaired) electrons. The topological polar surface area (TPSA) is 59.6 Å². The molecule has 1 aromatic rings. The molecule has 130 valence electrons. The van der Waals surface area contributed by atoms with Crippen molar-refractivity contribution in [3.63, 3.8) is 0 Å². The van der Waals surface area contributed by atoms with E-state index in [0.717, 1.165) is 32.6 Å². The van der Waals surface area contributed by atoms with Gasteiger partial charge in [-0.1, -0.05) is 38.1 Å². The van der Waals surface area contributed by atoms with Crippen molar-refractivity contribution in [1.82, 2.24) is 5.32 Å². The third-order valence-corrected chi connectivity index (χ3v) is 4.09. The summed E-state index contributed by atoms with van der Waals surface area (Å²) in [7, 11) is 0. The average molecular weight is 431 g/mol. The lowest BCUT2D eigenvalue weighted by Gasteiger charge is -2.08. The first-order valence-corrected chi connectivity index (χ1v) is 8.35. The molecule has 5 heteroatoms. The van der Waals surface area contributed by atoms with Crippen LogP contribution in [0, 0.1) is 0 Å². The summed E-state index contributed by atoms with van der Waals surface area (Å²) in [5, 5.41) is 3.32. The highest BCUT2D eigenvalue weighted by atomic mass is 127. The van der Waals surface area contributed by atoms with Crippen LogP contribution in [0.4, 0.5) is 0 Å². The van der Waals surface area contributed by atoms with Crippen LogP contribution in [0.25, 0.3) is 0 Å². The second-order valence-electron chi connectivity index (χ2n) is 6.23. The minimum Gasteiger partial charge on any atom is -0.382 e. The summed E-state index contributed by atoms with van der Waals surface area (Å²) < 4.78 is 5.28. The minimum absolute atomic E-state index is 0. The van der Waals surface area contributed by atoms with Crippen LogP contribution in [-0.2, 0) is 4.74 Å². The van der Waals surface area contributed by atoms with Gasteiger partial charge in [0.05, 0.1) is 0 Å². The van der Waals surface area contributed by atoms with E-state index in [-0.39, 0.29) is 24.0 Å². The van der Waals surface area contributed by atoms with E-state index in [1.807, 2.05) is 6.92 Å². The van der Waals surface area contributed by atoms with Crippen molar-refractivity contribution in [2.24, 2.45) is 10.7 Å². The van der Waals surface area contributed by atoms with Crippen molar-refractivity contribution < 1.29 is 4.74 Å². The number of nitrogens with one attached hydrogen (secondary N) is 1. The zero-order valence-corrected chi connectivity index (χ0v) is 16.7. The van der Waals surface area contributed by atoms with Crippen molar-refractivity contribution in [3.05, 3.63) is 35.4 Å². The van der Waals surface area contributed by atoms with E-state index >= 15 is 0 Å². The van der Waals surface area contributed by atoms with Gasteiger partial charge in [0.25, 0.3) is 0 Å². The van der Waals surface area contributed by atoms with Crippen molar-refractivity contribution in [1.29, 1.82) is 0 Å². The number of nitrogens with zero attached hydrogens (tertiary/aromatic N) is 1. The van der Waals surface area contributed by atoms with E-state index in [1.165, 1.54) is 11.1 Å². The number of nitrogens with two attached hydrogens (primary N) is 1. The fraction of sp³-hybridized carbons (Fsp3) is 0.611. The molecule has 1 fully saturated rings. The highest BCUT2D eigenvalue weighted by Crippen LogP contribution is 2.40. The molecular formula is C18H30IN3O. The highest BCUT2D eigenvalue weighted by Gasteiger charge is 2.38. The van der Waals surface area contributed by atoms with E-state index in [4.69, 9.17) is 10.5 Å². The number of halogens is 1. The maximum Gasteiger partial charge on any atom is 0.188 e. The third-order valence-electron chi connectivity index (χ3n) is 4.09. The molecule has 1 aliphatic carbocycles. The Bertz CT molecular complexity index is 488. The van der Waals surface area contributed by atoms with Gasteiger partial charge in [-0.2, -0.15) is 0 Å². The second kappa shape index (κ2) is 10.1. The zero-order chi connectivity index (χ0) is 15.9. The number of benzene rings is 1. The Kier molecular flexibility index (Phi) is 8.91. The van der Waals surface area contributed by atoms with Crippen molar-refractivity contribution >= 4 is 29.9 Å². The Morgan fingerprint density at radius 1 is 1.35 bits per heavy atom. The fourth-order valence-corrected chi connectivity index (χ4v) is 2.60. The maximum atomic E-state index is 5.93. The fourth-order valence-electron chi connectivity index (χ4n) is 2.60. The summed E-state index contributed by atoms with van der Waals surface area (Å²) in [5.41, 5.74) is 8.72. The molecule has 1 aromatic carbocycles. The van der Waals surface area contributed by atoms with Gasteiger partial charge in [0.2, 0.25) is 0 Å². The molecular weight excluding hydrogens is 401 g/mol. The van der Waals surface area contributed by atoms with E-state index in [2.05, 4.69) is 48.4 Å². The molecule has 2 atom stereocenters. The van der Waals surface area contributed by atoms with Gasteiger partial charge in [-0.15, -0.1) is 24.0 Å². The highest BCUT2D eigenvalue weighted by molar-refractivity contribution is 14.0. The predicted molar refractivity (Wildman–Crippen MR) is 108 cm³/mol. The molecule has 1 saturated carbocycles. The predicted octanol–water partition coefficient (Wildman–Crippen LogP) is 3.61. The summed E-state index contributed by atoms with van der Waals surface area (Å²) in [6, 6.07) is 9.40. The van der Waals surface area contributed by atoms with Crippen LogP contribution in [0.15, 0.2) is 29.3 Å². The van der Waals surface area contributed by atoms with Crippen LogP contribution in [-0.4, -0.2) is 31.8 Å². The molecule has 0 aromatic heterocycles. The lowest BCUT2D eigenvalue weighted by atomic mass is 10.0. The Morgan fingerprint density at radius 2 is 2.04 bits per heavy atom. The Hall–Kier alpha value is -0.820. The molecule has 4 nitrogen and oxygen atoms in total. The summed E-state index contributed by atoms with van der Waals surface area (Å²) in [6.07, 6.45) is 2.05. The molecule has 1 aliphatic rings. The van der Waals surface area contributed by atoms with Gasteiger partial charge < -0.3 is 15.8 Å². The van der Waals surface area contributed by atoms with Gasteiger partial charge in [0.1, 0.15) is 0 Å². The van der Waals surface area contributed by atoms with Gasteiger partial charge in [-0.3, -0.25) is 4.99 Å². The molecule has 0 spiro atoms. The lowest BCUT2D eigenvalue weighted by Crippen LogP contribution is -2.34. The Morgan fingerprint density at radius 3 is 2.65 bits per heavy atom. The van der Waals surface area contributed by atoms with Gasteiger partial charge >= 0.3 is 0 Å². The quantitative estimate of drug-likeness (QED) is 0.286. The Labute approximate surface area is 157 Å². The normalized spacial score (nSPS) is 20.3. The molecule has 2 rings (SSSR count). The molecule has 0 saturated heterocycles. The Balaban J connectivity index is 0.00000264. The van der Waals surface area contributed by atoms with Crippen molar-refractivity contribution in [2.45, 2.75) is 51.5 Å². The molecule has 0 bridgehead atoms. The largest absolute Gasteiger partial charge is 0.382 e. The number of ether oxygens (including phenoxy) is 1. The van der Waals surface area contributed by atoms with Crippen LogP contribution in [0.1, 0.15) is 56.6 Å². The van der Waals surface area contributed by atoms with Gasteiger partial charge in [-0.05, 0) is 36.8 Å². The first kappa shape index (κ1) is 20.2. The van der Waals surface area contributed by atoms with Gasteiger partial charge in [0, 0.05) is 31.7 Å². The zero-order valence-electron chi connectivity index (χ0n) is 14.4. The number of rotatable bonds is 8. The lowest BCUT2D eigenvalue weighted by molar-refractivity contribution is 0.146. The van der Waals surface area contributed by atoms with Gasteiger partial charge in [0.15, 0.2) is 5.96 Å². The summed E-state index contributed by atoms with van der Waals surface area (Å²) in [5.74, 6) is 1.71. The summed E-state index contributed by atoms with van der Waals surface area (Å²) in [4.78, 5) is 4.34. The van der Waals surface area contributed by atoms with Crippen molar-refractivity contribution in [3.8, 4) is 0 Å². The molecule has 0 amide bonds. The van der Waals surface area contributed by atoms with E-state index < -0.39 is 0 Å². The van der Waals surface area contributed by atoms with Crippen LogP contribution >= 0.6 is 24.0 Å². The minimum atomic E-state index is 0. The van der Waals surface area contributed by atoms with Crippen LogP contribution in [0.5, 0.6) is 0 Å². The van der Waals surface area contributed by atoms with Crippen LogP contribution < -0.4 is 11.1 Å². The average Bonchev–Trinajstić information content (AvgIpc) is 3.26. The standard InChI is InChI=1S/C18H29N3O.HI/c1-4-22-11-5-10-20-18(19)21-17-12-16(17)15-8-6-14(7-9-15)13(2)3;/h6-9,13,16-17H,4-5,10-12H2,1-3H3,(H3,19,20,21);1H. The smallest absolute Gasteiger partial charge is 0.188 e. The third kappa shape index (κ3) is 6.67. The number of aliphatic imine (C=N–C) groups is 1. The van der Waals surface area contributed by atoms with E-state index in [1.54, 1.807) is 0 Å². The first-order chi connectivity index (χ1) is 10.6. The van der Waals surface area contributed by atoms with Crippen LogP contribution in [0.3, 0.4) is 0 Å². The van der Waals surface area contributed by atoms with E-state index in [0.29, 0.717) is 23.8 Å². The second-order valence-corrected chi connectivity index (χ2v) is 6.23. The molecule has 2 unspecified atom stereocenters. The number of hydrogen-bond acceptors (Lipinski definition) is 2. The molecule has 0 aliphatic heterocycles. The molecule has 3 N–H and O–H groups in total. The maximum absolute atomic E-state index is 5.93. The summed E-state index contributed by atoms with van der Waals surface area (Å²) in [6.45, 7) is 8.68. The van der Waals surface area contributed by atoms with Crippen LogP contribution in [0.2, 0.25) is 0 Å². The monoisotopic (exact) mass is 431 g/mol. The van der Waals surface area contributed by atoms with Crippen molar-refractivity contribution in [2.75, 3.05) is 19.8 Å². The summed E-state index contributed by atoms with van der Waals surface area (Å²) >= 11 is 0. The molecule has 23 heavy (non-hydrogen) atoms. The van der Waals surface area contributed by atoms with Gasteiger partial charge in [-0.25, -0.2) is 0 Å². The SMILES string of the molecule is CCOCCCN=C(N)NC1CC1c1ccc(C(C)C)cc1.I. The number of guanidine groups is 1.